The lowest BCUT2D eigenvalue weighted by molar-refractivity contribution is -0.148. The van der Waals surface area contributed by atoms with Crippen molar-refractivity contribution < 1.29 is 9.90 Å². The summed E-state index contributed by atoms with van der Waals surface area (Å²) in [7, 11) is 0. The molecule has 0 spiro atoms. The van der Waals surface area contributed by atoms with Gasteiger partial charge in [0.05, 0.1) is 0 Å². The molecule has 0 aliphatic carbocycles. The van der Waals surface area contributed by atoms with Gasteiger partial charge in [-0.15, -0.1) is 0 Å². The maximum Gasteiger partial charge on any atom is 0.330 e. The summed E-state index contributed by atoms with van der Waals surface area (Å²) in [6, 6.07) is 1.14. The third-order valence-electron chi connectivity index (χ3n) is 2.85. The fraction of sp³-hybridized carbons (Fsp3) is 0.500. The first-order valence-corrected chi connectivity index (χ1v) is 5.03. The van der Waals surface area contributed by atoms with Crippen molar-refractivity contribution in [1.29, 1.82) is 0 Å². The molecule has 0 aromatic carbocycles. The van der Waals surface area contributed by atoms with E-state index in [1.165, 1.54) is 6.20 Å². The number of aliphatic carboxylic acids is 1. The molecule has 2 N–H and O–H groups in total. The fourth-order valence-corrected chi connectivity index (χ4v) is 1.75. The van der Waals surface area contributed by atoms with E-state index in [4.69, 9.17) is 0 Å². The molecular formula is C10H14N2O4. The maximum absolute atomic E-state index is 11.6. The molecule has 16 heavy (non-hydrogen) atoms. The van der Waals surface area contributed by atoms with Crippen molar-refractivity contribution in [3.05, 3.63) is 33.1 Å². The molecule has 0 fully saturated rings. The molecule has 1 rings (SSSR count). The summed E-state index contributed by atoms with van der Waals surface area (Å²) in [4.78, 5) is 35.8. The van der Waals surface area contributed by atoms with Crippen molar-refractivity contribution in [1.82, 2.24) is 9.55 Å². The predicted octanol–water partition coefficient (Wildman–Crippen LogP) is 0.137. The van der Waals surface area contributed by atoms with Gasteiger partial charge in [0.2, 0.25) is 0 Å². The zero-order valence-corrected chi connectivity index (χ0v) is 9.19. The van der Waals surface area contributed by atoms with Gasteiger partial charge in [-0.2, -0.15) is 0 Å². The van der Waals surface area contributed by atoms with Crippen LogP contribution in [-0.4, -0.2) is 20.6 Å². The molecule has 0 unspecified atom stereocenters. The van der Waals surface area contributed by atoms with Crippen LogP contribution in [0, 0.1) is 0 Å². The molecule has 0 aliphatic heterocycles. The van der Waals surface area contributed by atoms with Crippen molar-refractivity contribution in [2.24, 2.45) is 0 Å². The molecule has 6 heteroatoms. The van der Waals surface area contributed by atoms with Gasteiger partial charge in [0.1, 0.15) is 5.54 Å². The number of carboxylic acids is 1. The van der Waals surface area contributed by atoms with Gasteiger partial charge in [-0.1, -0.05) is 13.8 Å². The van der Waals surface area contributed by atoms with Gasteiger partial charge in [0, 0.05) is 12.3 Å². The lowest BCUT2D eigenvalue weighted by Crippen LogP contribution is -2.48. The summed E-state index contributed by atoms with van der Waals surface area (Å²) in [5.74, 6) is -1.08. The first-order valence-electron chi connectivity index (χ1n) is 5.03. The molecule has 6 nitrogen and oxygen atoms in total. The van der Waals surface area contributed by atoms with Crippen molar-refractivity contribution in [2.45, 2.75) is 32.2 Å². The minimum absolute atomic E-state index is 0.269. The first-order chi connectivity index (χ1) is 7.47. The Morgan fingerprint density at radius 2 is 2.00 bits per heavy atom. The number of carboxylic acid groups (broad SMARTS) is 1. The molecule has 0 aliphatic rings. The quantitative estimate of drug-likeness (QED) is 0.763. The molecular weight excluding hydrogens is 212 g/mol. The highest BCUT2D eigenvalue weighted by molar-refractivity contribution is 5.76. The molecule has 0 amide bonds. The van der Waals surface area contributed by atoms with Crippen molar-refractivity contribution in [3.8, 4) is 0 Å². The van der Waals surface area contributed by atoms with Gasteiger partial charge < -0.3 is 5.11 Å². The summed E-state index contributed by atoms with van der Waals surface area (Å²) < 4.78 is 1.07. The van der Waals surface area contributed by atoms with E-state index in [0.29, 0.717) is 0 Å². The van der Waals surface area contributed by atoms with Crippen LogP contribution in [0.25, 0.3) is 0 Å². The third kappa shape index (κ3) is 1.78. The Balaban J connectivity index is 3.49. The third-order valence-corrected chi connectivity index (χ3v) is 2.85. The topological polar surface area (TPSA) is 92.2 Å². The van der Waals surface area contributed by atoms with Gasteiger partial charge in [-0.25, -0.2) is 9.59 Å². The monoisotopic (exact) mass is 226 g/mol. The Morgan fingerprint density at radius 3 is 2.38 bits per heavy atom. The molecule has 88 valence electrons. The number of nitrogens with one attached hydrogen (secondary N) is 1. The number of nitrogens with zero attached hydrogens (tertiary/aromatic N) is 1. The van der Waals surface area contributed by atoms with E-state index < -0.39 is 22.8 Å². The zero-order chi connectivity index (χ0) is 12.3. The zero-order valence-electron chi connectivity index (χ0n) is 9.19. The summed E-state index contributed by atoms with van der Waals surface area (Å²) >= 11 is 0. The second-order valence-electron chi connectivity index (χ2n) is 3.52. The summed E-state index contributed by atoms with van der Waals surface area (Å²) in [5.41, 5.74) is -2.52. The van der Waals surface area contributed by atoms with E-state index in [-0.39, 0.29) is 12.8 Å². The van der Waals surface area contributed by atoms with Gasteiger partial charge in [0.25, 0.3) is 5.56 Å². The van der Waals surface area contributed by atoms with Crippen LogP contribution in [0.4, 0.5) is 0 Å². The molecule has 0 saturated heterocycles. The van der Waals surface area contributed by atoms with Crippen LogP contribution in [0.3, 0.4) is 0 Å². The van der Waals surface area contributed by atoms with Crippen LogP contribution in [0.15, 0.2) is 21.9 Å². The predicted molar refractivity (Wildman–Crippen MR) is 57.5 cm³/mol. The normalized spacial score (nSPS) is 11.4. The van der Waals surface area contributed by atoms with E-state index >= 15 is 0 Å². The smallest absolute Gasteiger partial charge is 0.330 e. The average molecular weight is 226 g/mol. The van der Waals surface area contributed by atoms with E-state index in [1.54, 1.807) is 13.8 Å². The highest BCUT2D eigenvalue weighted by atomic mass is 16.4. The second kappa shape index (κ2) is 4.34. The second-order valence-corrected chi connectivity index (χ2v) is 3.52. The van der Waals surface area contributed by atoms with E-state index in [1.807, 2.05) is 0 Å². The molecule has 0 bridgehead atoms. The molecule has 0 atom stereocenters. The number of aromatic nitrogens is 2. The minimum atomic E-state index is -1.29. The van der Waals surface area contributed by atoms with Crippen LogP contribution in [0.2, 0.25) is 0 Å². The van der Waals surface area contributed by atoms with Crippen LogP contribution >= 0.6 is 0 Å². The van der Waals surface area contributed by atoms with Gasteiger partial charge in [-0.05, 0) is 12.8 Å². The molecule has 1 aromatic heterocycles. The van der Waals surface area contributed by atoms with Crippen LogP contribution in [0.1, 0.15) is 26.7 Å². The van der Waals surface area contributed by atoms with E-state index in [9.17, 15) is 19.5 Å². The number of hydrogen-bond donors (Lipinski definition) is 2. The number of rotatable bonds is 4. The van der Waals surface area contributed by atoms with Gasteiger partial charge in [-0.3, -0.25) is 14.3 Å². The summed E-state index contributed by atoms with van der Waals surface area (Å²) in [6.07, 6.45) is 1.76. The first kappa shape index (κ1) is 12.2. The lowest BCUT2D eigenvalue weighted by atomic mass is 9.92. The number of hydrogen-bond acceptors (Lipinski definition) is 3. The van der Waals surface area contributed by atoms with E-state index in [0.717, 1.165) is 10.6 Å². The Kier molecular flexibility index (Phi) is 3.31. The Hall–Kier alpha value is -1.85. The summed E-state index contributed by atoms with van der Waals surface area (Å²) in [6.45, 7) is 3.38. The number of carbonyl (C=O) groups is 1. The molecule has 0 saturated carbocycles. The maximum atomic E-state index is 11.6. The largest absolute Gasteiger partial charge is 0.479 e. The van der Waals surface area contributed by atoms with Crippen molar-refractivity contribution >= 4 is 5.97 Å². The average Bonchev–Trinajstić information content (AvgIpc) is 2.22. The Bertz CT molecular complexity index is 496. The van der Waals surface area contributed by atoms with Crippen LogP contribution < -0.4 is 11.2 Å². The van der Waals surface area contributed by atoms with E-state index in [2.05, 4.69) is 4.98 Å². The van der Waals surface area contributed by atoms with Crippen LogP contribution in [0.5, 0.6) is 0 Å². The molecule has 0 radical (unpaired) electrons. The highest BCUT2D eigenvalue weighted by Gasteiger charge is 2.37. The molecule has 1 heterocycles. The molecule has 1 aromatic rings. The number of aromatic amines is 1. The Morgan fingerprint density at radius 1 is 1.44 bits per heavy atom. The van der Waals surface area contributed by atoms with Crippen molar-refractivity contribution in [3.63, 3.8) is 0 Å². The highest BCUT2D eigenvalue weighted by Crippen LogP contribution is 2.23. The number of H-pyrrole nitrogens is 1. The van der Waals surface area contributed by atoms with Gasteiger partial charge in [0.15, 0.2) is 0 Å². The standard InChI is InChI=1S/C10H14N2O4/c1-3-10(4-2,8(14)15)12-6-5-7(13)11-9(12)16/h5-6H,3-4H2,1-2H3,(H,14,15)(H,11,13,16). The fourth-order valence-electron chi connectivity index (χ4n) is 1.75. The van der Waals surface area contributed by atoms with Gasteiger partial charge >= 0.3 is 11.7 Å². The Labute approximate surface area is 91.5 Å². The SMILES string of the molecule is CCC(CC)(C(=O)O)n1ccc(=O)[nH]c1=O. The van der Waals surface area contributed by atoms with Crippen molar-refractivity contribution in [2.75, 3.05) is 0 Å². The van der Waals surface area contributed by atoms with Crippen LogP contribution in [-0.2, 0) is 10.3 Å². The summed E-state index contributed by atoms with van der Waals surface area (Å²) in [5, 5.41) is 9.22. The lowest BCUT2D eigenvalue weighted by Gasteiger charge is -2.28. The minimum Gasteiger partial charge on any atom is -0.479 e.